The van der Waals surface area contributed by atoms with Crippen LogP contribution in [0, 0.1) is 0 Å². The molecule has 0 amide bonds. The van der Waals surface area contributed by atoms with Gasteiger partial charge in [-0.1, -0.05) is 62.4 Å². The molecule has 0 saturated carbocycles. The van der Waals surface area contributed by atoms with Gasteiger partial charge in [0, 0.05) is 0 Å². The van der Waals surface area contributed by atoms with Crippen LogP contribution in [0.1, 0.15) is 43.0 Å². The monoisotopic (exact) mass is 360 g/mol. The lowest BCUT2D eigenvalue weighted by Crippen LogP contribution is -3.13. The number of carbonyl (C=O) groups excluding carboxylic acids is 1. The van der Waals surface area contributed by atoms with E-state index in [-0.39, 0.29) is 5.78 Å². The van der Waals surface area contributed by atoms with Crippen LogP contribution in [0.15, 0.2) is 59.7 Å². The highest BCUT2D eigenvalue weighted by Crippen LogP contribution is 2.17. The van der Waals surface area contributed by atoms with Crippen molar-refractivity contribution < 1.29 is 9.69 Å². The van der Waals surface area contributed by atoms with Crippen LogP contribution in [0.3, 0.4) is 0 Å². The van der Waals surface area contributed by atoms with Gasteiger partial charge in [-0.3, -0.25) is 4.79 Å². The first kappa shape index (κ1) is 19.3. The molecule has 2 aromatic carbocycles. The van der Waals surface area contributed by atoms with Crippen molar-refractivity contribution in [1.82, 2.24) is 0 Å². The number of hydrogen-bond donors (Lipinski definition) is 1. The van der Waals surface area contributed by atoms with Gasteiger partial charge in [-0.15, -0.1) is 0 Å². The number of rotatable bonds is 5. The summed E-state index contributed by atoms with van der Waals surface area (Å²) in [7, 11) is 0. The Hall–Kier alpha value is -2.45. The first-order valence-electron chi connectivity index (χ1n) is 10.1. The van der Waals surface area contributed by atoms with Crippen molar-refractivity contribution in [3.63, 3.8) is 0 Å². The maximum Gasteiger partial charge on any atom is 0.196 e. The van der Waals surface area contributed by atoms with Crippen LogP contribution in [-0.4, -0.2) is 25.4 Å². The minimum absolute atomic E-state index is 0.200. The highest BCUT2D eigenvalue weighted by Gasteiger charge is 2.28. The fourth-order valence-corrected chi connectivity index (χ4v) is 3.55. The SMILES string of the molecule is CCc1ccc(/C=C2/C[NH+](CC)C/C(=C\c3ccc(CC)cc3)C2=O)cc1. The van der Waals surface area contributed by atoms with Crippen molar-refractivity contribution in [3.05, 3.63) is 81.9 Å². The molecule has 0 aromatic heterocycles. The van der Waals surface area contributed by atoms with E-state index in [2.05, 4.69) is 81.5 Å². The highest BCUT2D eigenvalue weighted by molar-refractivity contribution is 6.14. The minimum atomic E-state index is 0.200. The Morgan fingerprint density at radius 3 is 1.48 bits per heavy atom. The largest absolute Gasteiger partial charge is 0.327 e. The Bertz CT molecular complexity index is 771. The van der Waals surface area contributed by atoms with Gasteiger partial charge in [0.25, 0.3) is 0 Å². The molecule has 3 rings (SSSR count). The van der Waals surface area contributed by atoms with E-state index < -0.39 is 0 Å². The molecule has 1 atom stereocenters. The smallest absolute Gasteiger partial charge is 0.196 e. The van der Waals surface area contributed by atoms with Crippen LogP contribution in [0.4, 0.5) is 0 Å². The number of Topliss-reactive ketones (excluding diaryl/α,β-unsaturated/α-hetero) is 1. The second kappa shape index (κ2) is 8.96. The summed E-state index contributed by atoms with van der Waals surface area (Å²) in [4.78, 5) is 14.5. The normalized spacial score (nSPS) is 20.4. The van der Waals surface area contributed by atoms with E-state index in [1.807, 2.05) is 0 Å². The Morgan fingerprint density at radius 2 is 1.15 bits per heavy atom. The number of nitrogens with one attached hydrogen (secondary N) is 1. The average molecular weight is 361 g/mol. The lowest BCUT2D eigenvalue weighted by molar-refractivity contribution is -0.889. The molecule has 0 spiro atoms. The van der Waals surface area contributed by atoms with Gasteiger partial charge in [-0.2, -0.15) is 0 Å². The van der Waals surface area contributed by atoms with E-state index in [0.717, 1.165) is 54.7 Å². The molecule has 1 unspecified atom stereocenters. The van der Waals surface area contributed by atoms with Crippen LogP contribution in [0.5, 0.6) is 0 Å². The molecule has 0 bridgehead atoms. The average Bonchev–Trinajstić information content (AvgIpc) is 2.72. The van der Waals surface area contributed by atoms with Crippen molar-refractivity contribution in [1.29, 1.82) is 0 Å². The zero-order chi connectivity index (χ0) is 19.2. The molecule has 1 heterocycles. The van der Waals surface area contributed by atoms with Crippen molar-refractivity contribution in [3.8, 4) is 0 Å². The maximum absolute atomic E-state index is 13.1. The predicted molar refractivity (Wildman–Crippen MR) is 114 cm³/mol. The summed E-state index contributed by atoms with van der Waals surface area (Å²) < 4.78 is 0. The molecule has 140 valence electrons. The van der Waals surface area contributed by atoms with Gasteiger partial charge in [0.15, 0.2) is 5.78 Å². The Morgan fingerprint density at radius 1 is 0.741 bits per heavy atom. The molecular weight excluding hydrogens is 330 g/mol. The molecule has 1 aliphatic heterocycles. The summed E-state index contributed by atoms with van der Waals surface area (Å²) in [5.41, 5.74) is 6.70. The standard InChI is InChI=1S/C25H29NO/c1-4-19-7-11-21(12-8-19)15-23-17-26(6-3)18-24(25(23)27)16-22-13-9-20(5-2)10-14-22/h7-16H,4-6,17-18H2,1-3H3/p+1/b23-15-,24-16+. The van der Waals surface area contributed by atoms with Gasteiger partial charge in [0.1, 0.15) is 13.1 Å². The molecule has 1 N–H and O–H groups in total. The molecule has 2 aromatic rings. The van der Waals surface area contributed by atoms with E-state index >= 15 is 0 Å². The maximum atomic E-state index is 13.1. The number of hydrogen-bond acceptors (Lipinski definition) is 1. The molecule has 1 fully saturated rings. The topological polar surface area (TPSA) is 21.5 Å². The fourth-order valence-electron chi connectivity index (χ4n) is 3.55. The zero-order valence-electron chi connectivity index (χ0n) is 16.7. The van der Waals surface area contributed by atoms with Gasteiger partial charge in [0.05, 0.1) is 17.7 Å². The van der Waals surface area contributed by atoms with Crippen molar-refractivity contribution >= 4 is 17.9 Å². The Labute approximate surface area is 163 Å². The predicted octanol–water partition coefficient (Wildman–Crippen LogP) is 3.77. The molecular formula is C25H30NO+. The van der Waals surface area contributed by atoms with Gasteiger partial charge in [0.2, 0.25) is 0 Å². The molecule has 2 nitrogen and oxygen atoms in total. The lowest BCUT2D eigenvalue weighted by Gasteiger charge is -2.25. The van der Waals surface area contributed by atoms with E-state index in [0.29, 0.717) is 0 Å². The van der Waals surface area contributed by atoms with Gasteiger partial charge in [-0.05, 0) is 54.2 Å². The summed E-state index contributed by atoms with van der Waals surface area (Å²) in [6.45, 7) is 9.13. The van der Waals surface area contributed by atoms with Crippen LogP contribution >= 0.6 is 0 Å². The number of likely N-dealkylation sites (N-methyl/N-ethyl adjacent to an activating group) is 1. The number of quaternary nitrogens is 1. The molecule has 1 saturated heterocycles. The number of benzene rings is 2. The van der Waals surface area contributed by atoms with Gasteiger partial charge < -0.3 is 4.90 Å². The Kier molecular flexibility index (Phi) is 6.41. The second-order valence-electron chi connectivity index (χ2n) is 7.32. The van der Waals surface area contributed by atoms with Gasteiger partial charge in [-0.25, -0.2) is 0 Å². The summed E-state index contributed by atoms with van der Waals surface area (Å²) in [6, 6.07) is 17.1. The molecule has 2 heteroatoms. The van der Waals surface area contributed by atoms with E-state index in [9.17, 15) is 4.79 Å². The first-order valence-corrected chi connectivity index (χ1v) is 10.1. The zero-order valence-corrected chi connectivity index (χ0v) is 16.7. The summed E-state index contributed by atoms with van der Waals surface area (Å²) in [5, 5.41) is 0. The third-order valence-electron chi connectivity index (χ3n) is 5.42. The van der Waals surface area contributed by atoms with Crippen LogP contribution in [-0.2, 0) is 17.6 Å². The number of ketones is 1. The Balaban J connectivity index is 1.89. The summed E-state index contributed by atoms with van der Waals surface area (Å²) in [6.07, 6.45) is 6.22. The lowest BCUT2D eigenvalue weighted by atomic mass is 9.94. The number of carbonyl (C=O) groups is 1. The van der Waals surface area contributed by atoms with Crippen molar-refractivity contribution in [2.45, 2.75) is 33.6 Å². The number of aryl methyl sites for hydroxylation is 2. The van der Waals surface area contributed by atoms with E-state index in [1.165, 1.54) is 16.0 Å². The number of piperidine rings is 1. The summed E-state index contributed by atoms with van der Waals surface area (Å²) >= 11 is 0. The fraction of sp³-hybridized carbons (Fsp3) is 0.320. The quantitative estimate of drug-likeness (QED) is 0.806. The molecule has 27 heavy (non-hydrogen) atoms. The second-order valence-corrected chi connectivity index (χ2v) is 7.32. The van der Waals surface area contributed by atoms with E-state index in [1.54, 1.807) is 0 Å². The third-order valence-corrected chi connectivity index (χ3v) is 5.42. The van der Waals surface area contributed by atoms with E-state index in [4.69, 9.17) is 0 Å². The van der Waals surface area contributed by atoms with Crippen LogP contribution in [0.25, 0.3) is 12.2 Å². The first-order chi connectivity index (χ1) is 13.1. The number of likely N-dealkylation sites (tertiary alicyclic amines) is 1. The molecule has 0 aliphatic carbocycles. The highest BCUT2D eigenvalue weighted by atomic mass is 16.1. The van der Waals surface area contributed by atoms with Crippen LogP contribution < -0.4 is 4.90 Å². The molecule has 1 aliphatic rings. The van der Waals surface area contributed by atoms with Gasteiger partial charge >= 0.3 is 0 Å². The van der Waals surface area contributed by atoms with Crippen molar-refractivity contribution in [2.75, 3.05) is 19.6 Å². The van der Waals surface area contributed by atoms with Crippen LogP contribution in [0.2, 0.25) is 0 Å². The third kappa shape index (κ3) is 4.84. The van der Waals surface area contributed by atoms with Crippen molar-refractivity contribution in [2.24, 2.45) is 0 Å². The summed E-state index contributed by atoms with van der Waals surface area (Å²) in [5.74, 6) is 0.200. The molecule has 0 radical (unpaired) electrons. The minimum Gasteiger partial charge on any atom is -0.327 e.